The number of ether oxygens (including phenoxy) is 3. The molecule has 0 aliphatic heterocycles. The van der Waals surface area contributed by atoms with Gasteiger partial charge in [-0.3, -0.25) is 14.4 Å². The lowest BCUT2D eigenvalue weighted by atomic mass is 9.94. The fourth-order valence-electron chi connectivity index (χ4n) is 2.55. The highest BCUT2D eigenvalue weighted by atomic mass is 16.6. The Morgan fingerprint density at radius 3 is 1.54 bits per heavy atom. The first-order valence-corrected chi connectivity index (χ1v) is 9.10. The zero-order valence-electron chi connectivity index (χ0n) is 16.0. The molecule has 1 atom stereocenters. The van der Waals surface area contributed by atoms with Crippen LogP contribution in [0.1, 0.15) is 25.0 Å². The van der Waals surface area contributed by atoms with Crippen LogP contribution < -0.4 is 0 Å². The number of esters is 3. The second-order valence-electron chi connectivity index (χ2n) is 6.21. The van der Waals surface area contributed by atoms with E-state index in [1.807, 2.05) is 36.4 Å². The average molecular weight is 384 g/mol. The summed E-state index contributed by atoms with van der Waals surface area (Å²) in [6.07, 6.45) is 0. The maximum atomic E-state index is 12.6. The van der Waals surface area contributed by atoms with Crippen LogP contribution in [0.3, 0.4) is 0 Å². The van der Waals surface area contributed by atoms with Crippen molar-refractivity contribution in [1.29, 1.82) is 0 Å². The van der Waals surface area contributed by atoms with Gasteiger partial charge in [0, 0.05) is 0 Å². The molecule has 148 valence electrons. The van der Waals surface area contributed by atoms with Gasteiger partial charge in [0.05, 0.1) is 12.5 Å². The van der Waals surface area contributed by atoms with Crippen molar-refractivity contribution in [2.45, 2.75) is 27.1 Å². The van der Waals surface area contributed by atoms with Crippen LogP contribution in [0.2, 0.25) is 0 Å². The first kappa shape index (κ1) is 21.2. The molecule has 0 saturated heterocycles. The Morgan fingerprint density at radius 2 is 1.14 bits per heavy atom. The second-order valence-corrected chi connectivity index (χ2v) is 6.21. The lowest BCUT2D eigenvalue weighted by Gasteiger charge is -2.20. The Bertz CT molecular complexity index is 717. The first-order valence-electron chi connectivity index (χ1n) is 9.10. The van der Waals surface area contributed by atoms with Gasteiger partial charge in [-0.25, -0.2) is 0 Å². The van der Waals surface area contributed by atoms with Gasteiger partial charge in [-0.1, -0.05) is 67.6 Å². The van der Waals surface area contributed by atoms with E-state index < -0.39 is 29.7 Å². The van der Waals surface area contributed by atoms with Gasteiger partial charge in [-0.05, 0) is 18.1 Å². The molecule has 0 bridgehead atoms. The molecule has 28 heavy (non-hydrogen) atoms. The van der Waals surface area contributed by atoms with Gasteiger partial charge in [0.2, 0.25) is 0 Å². The van der Waals surface area contributed by atoms with Gasteiger partial charge in [0.15, 0.2) is 5.92 Å². The van der Waals surface area contributed by atoms with Gasteiger partial charge >= 0.3 is 17.9 Å². The minimum Gasteiger partial charge on any atom is -0.466 e. The van der Waals surface area contributed by atoms with Crippen molar-refractivity contribution in [3.8, 4) is 0 Å². The summed E-state index contributed by atoms with van der Waals surface area (Å²) in [5, 5.41) is 0. The summed E-state index contributed by atoms with van der Waals surface area (Å²) in [5.74, 6) is -4.70. The molecule has 0 amide bonds. The molecule has 0 aromatic heterocycles. The van der Waals surface area contributed by atoms with E-state index in [2.05, 4.69) is 0 Å². The molecule has 0 radical (unpaired) electrons. The van der Waals surface area contributed by atoms with Crippen LogP contribution in [-0.4, -0.2) is 24.5 Å². The molecule has 6 nitrogen and oxygen atoms in total. The third kappa shape index (κ3) is 6.23. The van der Waals surface area contributed by atoms with Gasteiger partial charge in [-0.2, -0.15) is 0 Å². The van der Waals surface area contributed by atoms with Crippen molar-refractivity contribution >= 4 is 17.9 Å². The van der Waals surface area contributed by atoms with E-state index in [4.69, 9.17) is 14.2 Å². The normalized spacial score (nSPS) is 11.5. The quantitative estimate of drug-likeness (QED) is 0.375. The van der Waals surface area contributed by atoms with E-state index >= 15 is 0 Å². The van der Waals surface area contributed by atoms with E-state index in [1.165, 1.54) is 6.92 Å². The number of carbonyl (C=O) groups excluding carboxylic acids is 3. The predicted octanol–water partition coefficient (Wildman–Crippen LogP) is 3.29. The van der Waals surface area contributed by atoms with Gasteiger partial charge < -0.3 is 14.2 Å². The monoisotopic (exact) mass is 384 g/mol. The van der Waals surface area contributed by atoms with Gasteiger partial charge in [0.25, 0.3) is 0 Å². The van der Waals surface area contributed by atoms with Crippen LogP contribution in [0, 0.1) is 11.8 Å². The first-order chi connectivity index (χ1) is 13.5. The molecule has 6 heteroatoms. The largest absolute Gasteiger partial charge is 0.466 e. The standard InChI is InChI=1S/C22H24O6/c1-3-26-20(23)16(2)19(21(24)27-14-17-10-6-4-7-11-17)22(25)28-15-18-12-8-5-9-13-18/h4-13,16,19H,3,14-15H2,1-2H3. The fraction of sp³-hybridized carbons (Fsp3) is 0.318. The van der Waals surface area contributed by atoms with Crippen LogP contribution in [0.15, 0.2) is 60.7 Å². The van der Waals surface area contributed by atoms with Crippen molar-refractivity contribution in [2.75, 3.05) is 6.61 Å². The van der Waals surface area contributed by atoms with Crippen molar-refractivity contribution in [2.24, 2.45) is 11.8 Å². The van der Waals surface area contributed by atoms with E-state index in [1.54, 1.807) is 31.2 Å². The van der Waals surface area contributed by atoms with Crippen LogP contribution in [0.5, 0.6) is 0 Å². The number of carbonyl (C=O) groups is 3. The summed E-state index contributed by atoms with van der Waals surface area (Å²) in [5.41, 5.74) is 1.55. The summed E-state index contributed by atoms with van der Waals surface area (Å²) < 4.78 is 15.5. The number of benzene rings is 2. The Labute approximate surface area is 164 Å². The molecule has 0 spiro atoms. The Kier molecular flexibility index (Phi) is 8.21. The molecule has 2 aromatic carbocycles. The number of hydrogen-bond donors (Lipinski definition) is 0. The third-order valence-corrected chi connectivity index (χ3v) is 4.11. The summed E-state index contributed by atoms with van der Waals surface area (Å²) in [6, 6.07) is 18.1. The maximum Gasteiger partial charge on any atom is 0.321 e. The van der Waals surface area contributed by atoms with Crippen LogP contribution in [0.25, 0.3) is 0 Å². The summed E-state index contributed by atoms with van der Waals surface area (Å²) >= 11 is 0. The van der Waals surface area contributed by atoms with Crippen molar-refractivity contribution < 1.29 is 28.6 Å². The topological polar surface area (TPSA) is 78.9 Å². The van der Waals surface area contributed by atoms with E-state index in [0.29, 0.717) is 0 Å². The van der Waals surface area contributed by atoms with Crippen molar-refractivity contribution in [3.05, 3.63) is 71.8 Å². The van der Waals surface area contributed by atoms with Gasteiger partial charge in [-0.15, -0.1) is 0 Å². The zero-order chi connectivity index (χ0) is 20.4. The van der Waals surface area contributed by atoms with Crippen molar-refractivity contribution in [3.63, 3.8) is 0 Å². The van der Waals surface area contributed by atoms with E-state index in [0.717, 1.165) is 11.1 Å². The molecule has 2 rings (SSSR count). The lowest BCUT2D eigenvalue weighted by Crippen LogP contribution is -2.37. The van der Waals surface area contributed by atoms with E-state index in [-0.39, 0.29) is 19.8 Å². The lowest BCUT2D eigenvalue weighted by molar-refractivity contribution is -0.172. The third-order valence-electron chi connectivity index (χ3n) is 4.11. The average Bonchev–Trinajstić information content (AvgIpc) is 2.72. The van der Waals surface area contributed by atoms with Crippen LogP contribution in [0.4, 0.5) is 0 Å². The molecular weight excluding hydrogens is 360 g/mol. The highest BCUT2D eigenvalue weighted by molar-refractivity contribution is 5.99. The summed E-state index contributed by atoms with van der Waals surface area (Å²) in [4.78, 5) is 37.3. The molecule has 0 aliphatic rings. The highest BCUT2D eigenvalue weighted by Crippen LogP contribution is 2.19. The van der Waals surface area contributed by atoms with Gasteiger partial charge in [0.1, 0.15) is 13.2 Å². The highest BCUT2D eigenvalue weighted by Gasteiger charge is 2.40. The minimum absolute atomic E-state index is 0.00230. The van der Waals surface area contributed by atoms with Crippen LogP contribution in [-0.2, 0) is 41.8 Å². The Balaban J connectivity index is 2.07. The molecule has 0 saturated carbocycles. The smallest absolute Gasteiger partial charge is 0.321 e. The minimum atomic E-state index is -1.40. The molecule has 0 N–H and O–H groups in total. The number of rotatable bonds is 9. The Hall–Kier alpha value is -3.15. The molecule has 0 fully saturated rings. The molecule has 2 aromatic rings. The van der Waals surface area contributed by atoms with Crippen LogP contribution >= 0.6 is 0 Å². The SMILES string of the molecule is CCOC(=O)C(C)C(C(=O)OCc1ccccc1)C(=O)OCc1ccccc1. The fourth-order valence-corrected chi connectivity index (χ4v) is 2.55. The number of hydrogen-bond acceptors (Lipinski definition) is 6. The Morgan fingerprint density at radius 1 is 0.714 bits per heavy atom. The predicted molar refractivity (Wildman–Crippen MR) is 102 cm³/mol. The maximum absolute atomic E-state index is 12.6. The summed E-state index contributed by atoms with van der Waals surface area (Å²) in [6.45, 7) is 3.25. The van der Waals surface area contributed by atoms with Crippen molar-refractivity contribution in [1.82, 2.24) is 0 Å². The molecule has 0 aliphatic carbocycles. The van der Waals surface area contributed by atoms with E-state index in [9.17, 15) is 14.4 Å². The zero-order valence-corrected chi connectivity index (χ0v) is 16.0. The molecule has 0 heterocycles. The molecular formula is C22H24O6. The molecule has 1 unspecified atom stereocenters. The summed E-state index contributed by atoms with van der Waals surface area (Å²) in [7, 11) is 0. The second kappa shape index (κ2) is 10.9.